The van der Waals surface area contributed by atoms with E-state index in [-0.39, 0.29) is 17.8 Å². The Balaban J connectivity index is 1.25. The normalized spacial score (nSPS) is 18.8. The van der Waals surface area contributed by atoms with E-state index in [0.717, 1.165) is 42.9 Å². The average molecular weight is 441 g/mol. The van der Waals surface area contributed by atoms with Gasteiger partial charge < -0.3 is 20.2 Å². The third-order valence-corrected chi connectivity index (χ3v) is 6.67. The number of hydrogen-bond donors (Lipinski definition) is 2. The monoisotopic (exact) mass is 440 g/mol. The van der Waals surface area contributed by atoms with Crippen molar-refractivity contribution < 1.29 is 14.3 Å². The van der Waals surface area contributed by atoms with Gasteiger partial charge in [-0.25, -0.2) is 14.2 Å². The van der Waals surface area contributed by atoms with Crippen LogP contribution < -0.4 is 10.2 Å². The number of nitrogens with one attached hydrogen (secondary N) is 1. The number of halogens is 1. The molecule has 0 spiro atoms. The van der Waals surface area contributed by atoms with Crippen molar-refractivity contribution in [1.82, 2.24) is 15.2 Å². The van der Waals surface area contributed by atoms with Gasteiger partial charge in [0.25, 0.3) is 0 Å². The highest BCUT2D eigenvalue weighted by atomic mass is 19.1. The number of benzene rings is 1. The summed E-state index contributed by atoms with van der Waals surface area (Å²) >= 11 is 0. The van der Waals surface area contributed by atoms with Gasteiger partial charge in [-0.3, -0.25) is 0 Å². The van der Waals surface area contributed by atoms with Crippen molar-refractivity contribution in [2.75, 3.05) is 31.1 Å². The lowest BCUT2D eigenvalue weighted by Gasteiger charge is -2.34. The van der Waals surface area contributed by atoms with Crippen LogP contribution in [-0.2, 0) is 6.54 Å². The fourth-order valence-corrected chi connectivity index (χ4v) is 4.68. The molecule has 0 aliphatic carbocycles. The fraction of sp³-hybridized carbons (Fsp3) is 0.520. The van der Waals surface area contributed by atoms with Crippen LogP contribution in [0.5, 0.6) is 0 Å². The molecule has 3 heterocycles. The topological polar surface area (TPSA) is 68.7 Å². The zero-order chi connectivity index (χ0) is 22.3. The number of carbonyl (C=O) groups is 1. The summed E-state index contributed by atoms with van der Waals surface area (Å²) in [4.78, 5) is 21.4. The van der Waals surface area contributed by atoms with Gasteiger partial charge in [-0.2, -0.15) is 0 Å². The number of anilines is 1. The van der Waals surface area contributed by atoms with Gasteiger partial charge in [-0.1, -0.05) is 25.0 Å². The number of nitrogens with zero attached hydrogens (tertiary/aromatic N) is 3. The first kappa shape index (κ1) is 22.5. The lowest BCUT2D eigenvalue weighted by atomic mass is 9.87. The SMILES string of the molecule is O=C(NCc1ccnc(N2CCCCCC2)c1)N1CCC(C(O)c2ccc(F)cc2)CC1. The predicted octanol–water partition coefficient (Wildman–Crippen LogP) is 4.26. The number of likely N-dealkylation sites (tertiary alicyclic amines) is 1. The molecule has 2 saturated heterocycles. The van der Waals surface area contributed by atoms with Crippen LogP contribution >= 0.6 is 0 Å². The van der Waals surface area contributed by atoms with Crippen LogP contribution in [0, 0.1) is 11.7 Å². The van der Waals surface area contributed by atoms with E-state index < -0.39 is 6.10 Å². The van der Waals surface area contributed by atoms with Crippen LogP contribution in [0.15, 0.2) is 42.6 Å². The zero-order valence-electron chi connectivity index (χ0n) is 18.5. The van der Waals surface area contributed by atoms with Crippen molar-refractivity contribution in [1.29, 1.82) is 0 Å². The van der Waals surface area contributed by atoms with E-state index in [1.54, 1.807) is 12.1 Å². The molecular formula is C25H33FN4O2. The highest BCUT2D eigenvalue weighted by Gasteiger charge is 2.28. The quantitative estimate of drug-likeness (QED) is 0.729. The number of rotatable bonds is 5. The minimum Gasteiger partial charge on any atom is -0.388 e. The summed E-state index contributed by atoms with van der Waals surface area (Å²) in [5, 5.41) is 13.6. The number of pyridine rings is 1. The van der Waals surface area contributed by atoms with Crippen molar-refractivity contribution in [3.05, 3.63) is 59.5 Å². The molecule has 7 heteroatoms. The van der Waals surface area contributed by atoms with E-state index in [1.807, 2.05) is 17.2 Å². The summed E-state index contributed by atoms with van der Waals surface area (Å²) in [6.07, 6.45) is 7.61. The van der Waals surface area contributed by atoms with Gasteiger partial charge in [-0.15, -0.1) is 0 Å². The summed E-state index contributed by atoms with van der Waals surface area (Å²) in [6.45, 7) is 3.76. The Morgan fingerprint density at radius 2 is 1.75 bits per heavy atom. The standard InChI is InChI=1S/C25H33FN4O2/c26-22-7-5-20(6-8-22)24(31)21-10-15-30(16-11-21)25(32)28-18-19-9-12-27-23(17-19)29-13-3-1-2-4-14-29/h5-9,12,17,21,24,31H,1-4,10-11,13-16,18H2,(H,28,32). The first-order valence-corrected chi connectivity index (χ1v) is 11.8. The average Bonchev–Trinajstić information content (AvgIpc) is 3.13. The van der Waals surface area contributed by atoms with Gasteiger partial charge in [0.05, 0.1) is 6.10 Å². The van der Waals surface area contributed by atoms with Crippen molar-refractivity contribution >= 4 is 11.8 Å². The minimum atomic E-state index is -0.630. The van der Waals surface area contributed by atoms with Crippen LogP contribution in [0.2, 0.25) is 0 Å². The Hall–Kier alpha value is -2.67. The van der Waals surface area contributed by atoms with Crippen LogP contribution in [0.1, 0.15) is 55.8 Å². The molecule has 2 fully saturated rings. The van der Waals surface area contributed by atoms with Gasteiger partial charge in [-0.05, 0) is 67.0 Å². The van der Waals surface area contributed by atoms with Crippen LogP contribution in [0.4, 0.5) is 15.0 Å². The number of aliphatic hydroxyl groups excluding tert-OH is 1. The molecular weight excluding hydrogens is 407 g/mol. The molecule has 0 bridgehead atoms. The molecule has 2 aliphatic heterocycles. The van der Waals surface area contributed by atoms with E-state index in [9.17, 15) is 14.3 Å². The second kappa shape index (κ2) is 10.8. The molecule has 2 aromatic rings. The molecule has 1 aromatic carbocycles. The number of urea groups is 1. The second-order valence-electron chi connectivity index (χ2n) is 8.90. The van der Waals surface area contributed by atoms with E-state index in [1.165, 1.54) is 37.8 Å². The first-order valence-electron chi connectivity index (χ1n) is 11.8. The van der Waals surface area contributed by atoms with Crippen molar-refractivity contribution in [3.63, 3.8) is 0 Å². The summed E-state index contributed by atoms with van der Waals surface area (Å²) in [7, 11) is 0. The third kappa shape index (κ3) is 5.76. The predicted molar refractivity (Wildman–Crippen MR) is 123 cm³/mol. The maximum absolute atomic E-state index is 13.1. The van der Waals surface area contributed by atoms with Crippen molar-refractivity contribution in [2.45, 2.75) is 51.2 Å². The number of carbonyl (C=O) groups excluding carboxylic acids is 1. The lowest BCUT2D eigenvalue weighted by Crippen LogP contribution is -2.45. The van der Waals surface area contributed by atoms with Crippen LogP contribution in [-0.4, -0.2) is 47.2 Å². The lowest BCUT2D eigenvalue weighted by molar-refractivity contribution is 0.0664. The van der Waals surface area contributed by atoms with E-state index in [0.29, 0.717) is 19.6 Å². The molecule has 2 N–H and O–H groups in total. The van der Waals surface area contributed by atoms with Crippen molar-refractivity contribution in [2.24, 2.45) is 5.92 Å². The van der Waals surface area contributed by atoms with Gasteiger partial charge in [0.2, 0.25) is 0 Å². The zero-order valence-corrected chi connectivity index (χ0v) is 18.5. The summed E-state index contributed by atoms with van der Waals surface area (Å²) < 4.78 is 13.1. The van der Waals surface area contributed by atoms with Gasteiger partial charge >= 0.3 is 6.03 Å². The maximum Gasteiger partial charge on any atom is 0.317 e. The third-order valence-electron chi connectivity index (χ3n) is 6.67. The van der Waals surface area contributed by atoms with E-state index in [4.69, 9.17) is 0 Å². The maximum atomic E-state index is 13.1. The second-order valence-corrected chi connectivity index (χ2v) is 8.90. The van der Waals surface area contributed by atoms with E-state index in [2.05, 4.69) is 21.3 Å². The Labute approximate surface area is 189 Å². The molecule has 0 saturated carbocycles. The molecule has 6 nitrogen and oxygen atoms in total. The Morgan fingerprint density at radius 1 is 1.06 bits per heavy atom. The summed E-state index contributed by atoms with van der Waals surface area (Å²) in [6, 6.07) is 9.97. The number of piperidine rings is 1. The first-order chi connectivity index (χ1) is 15.6. The molecule has 4 rings (SSSR count). The molecule has 2 aliphatic rings. The minimum absolute atomic E-state index is 0.0703. The highest BCUT2D eigenvalue weighted by Crippen LogP contribution is 2.30. The fourth-order valence-electron chi connectivity index (χ4n) is 4.68. The molecule has 1 unspecified atom stereocenters. The molecule has 0 radical (unpaired) electrons. The molecule has 172 valence electrons. The smallest absolute Gasteiger partial charge is 0.317 e. The highest BCUT2D eigenvalue weighted by molar-refractivity contribution is 5.74. The number of amides is 2. The number of hydrogen-bond acceptors (Lipinski definition) is 4. The van der Waals surface area contributed by atoms with Gasteiger partial charge in [0, 0.05) is 38.9 Å². The molecule has 1 aromatic heterocycles. The Bertz CT molecular complexity index is 876. The van der Waals surface area contributed by atoms with Crippen molar-refractivity contribution in [3.8, 4) is 0 Å². The van der Waals surface area contributed by atoms with Gasteiger partial charge in [0.15, 0.2) is 0 Å². The summed E-state index contributed by atoms with van der Waals surface area (Å²) in [5.41, 5.74) is 1.78. The summed E-state index contributed by atoms with van der Waals surface area (Å²) in [5.74, 6) is 0.760. The Morgan fingerprint density at radius 3 is 2.44 bits per heavy atom. The molecule has 32 heavy (non-hydrogen) atoms. The van der Waals surface area contributed by atoms with E-state index >= 15 is 0 Å². The number of aromatic nitrogens is 1. The molecule has 2 amide bonds. The largest absolute Gasteiger partial charge is 0.388 e. The Kier molecular flexibility index (Phi) is 7.58. The number of aliphatic hydroxyl groups is 1. The van der Waals surface area contributed by atoms with Gasteiger partial charge in [0.1, 0.15) is 11.6 Å². The van der Waals surface area contributed by atoms with Crippen LogP contribution in [0.25, 0.3) is 0 Å². The molecule has 1 atom stereocenters. The van der Waals surface area contributed by atoms with Crippen LogP contribution in [0.3, 0.4) is 0 Å².